The molecule has 2 amide bonds. The van der Waals surface area contributed by atoms with Crippen molar-refractivity contribution in [3.63, 3.8) is 0 Å². The van der Waals surface area contributed by atoms with E-state index in [-0.39, 0.29) is 10.7 Å². The Morgan fingerprint density at radius 2 is 1.69 bits per heavy atom. The monoisotopic (exact) mass is 451 g/mol. The van der Waals surface area contributed by atoms with Gasteiger partial charge in [-0.15, -0.1) is 0 Å². The van der Waals surface area contributed by atoms with Gasteiger partial charge in [0.1, 0.15) is 17.1 Å². The van der Waals surface area contributed by atoms with Crippen LogP contribution in [0.4, 0.5) is 11.4 Å². The standard InChI is InChI=1S/C24H25N3O4S/c1-15-8-4-5-9-18(15)27-23(29)17(22(28)25-24(27)32)12-16-13-21(31-3)19(14-20(16)30-2)26-10-6-7-11-26/h4-5,8-9,12-14H,6-7,10-11H2,1-3H3,(H,25,28,32)/b17-12+. The second-order valence-corrected chi connectivity index (χ2v) is 8.09. The maximum absolute atomic E-state index is 13.4. The second-order valence-electron chi connectivity index (χ2n) is 7.70. The van der Waals surface area contributed by atoms with Crippen molar-refractivity contribution < 1.29 is 19.1 Å². The first-order valence-corrected chi connectivity index (χ1v) is 10.8. The fourth-order valence-electron chi connectivity index (χ4n) is 4.07. The van der Waals surface area contributed by atoms with Crippen LogP contribution in [-0.4, -0.2) is 44.2 Å². The Hall–Kier alpha value is -3.39. The molecule has 1 N–H and O–H groups in total. The van der Waals surface area contributed by atoms with E-state index in [1.165, 1.54) is 11.0 Å². The van der Waals surface area contributed by atoms with Crippen molar-refractivity contribution in [2.45, 2.75) is 19.8 Å². The van der Waals surface area contributed by atoms with Gasteiger partial charge >= 0.3 is 0 Å². The highest BCUT2D eigenvalue weighted by Crippen LogP contribution is 2.38. The Bertz CT molecular complexity index is 1120. The summed E-state index contributed by atoms with van der Waals surface area (Å²) in [6.45, 7) is 3.78. The number of methoxy groups -OCH3 is 2. The number of nitrogens with zero attached hydrogens (tertiary/aromatic N) is 2. The molecule has 0 radical (unpaired) electrons. The minimum atomic E-state index is -0.547. The molecule has 2 fully saturated rings. The van der Waals surface area contributed by atoms with E-state index in [4.69, 9.17) is 21.7 Å². The molecule has 2 aromatic carbocycles. The van der Waals surface area contributed by atoms with Gasteiger partial charge in [-0.25, -0.2) is 0 Å². The molecule has 2 aliphatic rings. The molecule has 0 aromatic heterocycles. The number of carbonyl (C=O) groups excluding carboxylic acids is 2. The van der Waals surface area contributed by atoms with Gasteiger partial charge in [-0.3, -0.25) is 19.8 Å². The molecule has 7 nitrogen and oxygen atoms in total. The average Bonchev–Trinajstić information content (AvgIpc) is 3.32. The van der Waals surface area contributed by atoms with Gasteiger partial charge in [0.15, 0.2) is 5.11 Å². The molecule has 0 atom stereocenters. The minimum absolute atomic E-state index is 0.0314. The van der Waals surface area contributed by atoms with Gasteiger partial charge in [0.25, 0.3) is 11.8 Å². The number of nitrogens with one attached hydrogen (secondary N) is 1. The summed E-state index contributed by atoms with van der Waals surface area (Å²) in [4.78, 5) is 29.7. The summed E-state index contributed by atoms with van der Waals surface area (Å²) in [5, 5.41) is 2.68. The predicted octanol–water partition coefficient (Wildman–Crippen LogP) is 3.44. The predicted molar refractivity (Wildman–Crippen MR) is 128 cm³/mol. The van der Waals surface area contributed by atoms with Gasteiger partial charge in [-0.1, -0.05) is 18.2 Å². The van der Waals surface area contributed by atoms with Crippen molar-refractivity contribution in [3.8, 4) is 11.5 Å². The van der Waals surface area contributed by atoms with Crippen molar-refractivity contribution in [3.05, 3.63) is 53.1 Å². The molecule has 0 spiro atoms. The quantitative estimate of drug-likeness (QED) is 0.427. The number of rotatable bonds is 5. The molecule has 0 saturated carbocycles. The van der Waals surface area contributed by atoms with Crippen LogP contribution in [0.3, 0.4) is 0 Å². The van der Waals surface area contributed by atoms with Crippen LogP contribution in [0.25, 0.3) is 6.08 Å². The molecule has 4 rings (SSSR count). The topological polar surface area (TPSA) is 71.1 Å². The van der Waals surface area contributed by atoms with E-state index in [9.17, 15) is 9.59 Å². The Labute approximate surface area is 192 Å². The number of ether oxygens (including phenoxy) is 2. The van der Waals surface area contributed by atoms with Crippen molar-refractivity contribution in [2.24, 2.45) is 0 Å². The normalized spacial score (nSPS) is 17.7. The third-order valence-corrected chi connectivity index (χ3v) is 6.02. The van der Waals surface area contributed by atoms with Crippen LogP contribution in [0.1, 0.15) is 24.0 Å². The van der Waals surface area contributed by atoms with Gasteiger partial charge in [-0.2, -0.15) is 0 Å². The third-order valence-electron chi connectivity index (χ3n) is 5.74. The molecule has 8 heteroatoms. The lowest BCUT2D eigenvalue weighted by atomic mass is 10.0. The zero-order valence-electron chi connectivity index (χ0n) is 18.3. The van der Waals surface area contributed by atoms with Crippen molar-refractivity contribution in [1.82, 2.24) is 5.32 Å². The molecule has 0 bridgehead atoms. The summed E-state index contributed by atoms with van der Waals surface area (Å²) in [6, 6.07) is 11.1. The largest absolute Gasteiger partial charge is 0.496 e. The van der Waals surface area contributed by atoms with Crippen LogP contribution in [0.5, 0.6) is 11.5 Å². The van der Waals surface area contributed by atoms with Crippen LogP contribution in [0.2, 0.25) is 0 Å². The van der Waals surface area contributed by atoms with Gasteiger partial charge in [0, 0.05) is 24.7 Å². The zero-order valence-corrected chi connectivity index (χ0v) is 19.1. The molecule has 2 saturated heterocycles. The van der Waals surface area contributed by atoms with Crippen LogP contribution in [-0.2, 0) is 9.59 Å². The Kier molecular flexibility index (Phi) is 6.14. The highest BCUT2D eigenvalue weighted by Gasteiger charge is 2.35. The summed E-state index contributed by atoms with van der Waals surface area (Å²) >= 11 is 5.30. The van der Waals surface area contributed by atoms with Crippen molar-refractivity contribution in [1.29, 1.82) is 0 Å². The Morgan fingerprint density at radius 3 is 2.34 bits per heavy atom. The number of para-hydroxylation sites is 1. The van der Waals surface area contributed by atoms with Crippen LogP contribution in [0, 0.1) is 6.92 Å². The van der Waals surface area contributed by atoms with Gasteiger partial charge in [-0.05, 0) is 55.8 Å². The fraction of sp³-hybridized carbons (Fsp3) is 0.292. The summed E-state index contributed by atoms with van der Waals surface area (Å²) in [5.74, 6) is 0.179. The average molecular weight is 452 g/mol. The molecule has 2 aromatic rings. The van der Waals surface area contributed by atoms with Crippen LogP contribution < -0.4 is 24.6 Å². The lowest BCUT2D eigenvalue weighted by Gasteiger charge is -2.30. The number of carbonyl (C=O) groups is 2. The molecular formula is C24H25N3O4S. The highest BCUT2D eigenvalue weighted by atomic mass is 32.1. The molecule has 0 unspecified atom stereocenters. The number of benzene rings is 2. The number of aryl methyl sites for hydroxylation is 1. The minimum Gasteiger partial charge on any atom is -0.496 e. The number of amides is 2. The second kappa shape index (κ2) is 9.00. The first-order valence-electron chi connectivity index (χ1n) is 10.4. The van der Waals surface area contributed by atoms with E-state index in [0.717, 1.165) is 37.2 Å². The molecule has 2 heterocycles. The van der Waals surface area contributed by atoms with Crippen molar-refractivity contribution in [2.75, 3.05) is 37.1 Å². The molecule has 166 valence electrons. The number of hydrogen-bond acceptors (Lipinski definition) is 6. The summed E-state index contributed by atoms with van der Waals surface area (Å²) in [5.41, 5.74) is 2.97. The van der Waals surface area contributed by atoms with E-state index < -0.39 is 11.8 Å². The maximum Gasteiger partial charge on any atom is 0.270 e. The zero-order chi connectivity index (χ0) is 22.8. The van der Waals surface area contributed by atoms with E-state index >= 15 is 0 Å². The van der Waals surface area contributed by atoms with Crippen molar-refractivity contribution >= 4 is 46.6 Å². The van der Waals surface area contributed by atoms with Gasteiger partial charge in [0.2, 0.25) is 0 Å². The first kappa shape index (κ1) is 21.8. The smallest absolute Gasteiger partial charge is 0.270 e. The Morgan fingerprint density at radius 1 is 1.00 bits per heavy atom. The highest BCUT2D eigenvalue weighted by molar-refractivity contribution is 7.80. The number of thiocarbonyl (C=S) groups is 1. The lowest BCUT2D eigenvalue weighted by Crippen LogP contribution is -2.54. The molecule has 2 aliphatic heterocycles. The van der Waals surface area contributed by atoms with E-state index in [0.29, 0.717) is 22.7 Å². The molecular weight excluding hydrogens is 426 g/mol. The fourth-order valence-corrected chi connectivity index (χ4v) is 4.34. The third kappa shape index (κ3) is 3.93. The first-order chi connectivity index (χ1) is 15.4. The van der Waals surface area contributed by atoms with Gasteiger partial charge < -0.3 is 14.4 Å². The number of anilines is 2. The maximum atomic E-state index is 13.4. The van der Waals surface area contributed by atoms with Crippen LogP contribution >= 0.6 is 12.2 Å². The van der Waals surface area contributed by atoms with E-state index in [1.807, 2.05) is 31.2 Å². The van der Waals surface area contributed by atoms with Crippen LogP contribution in [0.15, 0.2) is 42.0 Å². The Balaban J connectivity index is 1.78. The van der Waals surface area contributed by atoms with E-state index in [1.54, 1.807) is 26.4 Å². The lowest BCUT2D eigenvalue weighted by molar-refractivity contribution is -0.122. The van der Waals surface area contributed by atoms with E-state index in [2.05, 4.69) is 10.2 Å². The molecule has 32 heavy (non-hydrogen) atoms. The summed E-state index contributed by atoms with van der Waals surface area (Å²) in [6.07, 6.45) is 3.78. The summed E-state index contributed by atoms with van der Waals surface area (Å²) in [7, 11) is 3.17. The summed E-state index contributed by atoms with van der Waals surface area (Å²) < 4.78 is 11.2. The molecule has 0 aliphatic carbocycles. The SMILES string of the molecule is COc1cc(N2CCCC2)c(OC)cc1/C=C1\C(=O)NC(=S)N(c2ccccc2C)C1=O. The number of hydrogen-bond donors (Lipinski definition) is 1. The van der Waals surface area contributed by atoms with Gasteiger partial charge in [0.05, 0.1) is 25.6 Å².